The Hall–Kier alpha value is -1.86. The van der Waals surface area contributed by atoms with E-state index in [4.69, 9.17) is 0 Å². The Balaban J connectivity index is 1.51. The largest absolute Gasteiger partial charge is 0.352 e. The summed E-state index contributed by atoms with van der Waals surface area (Å²) in [6.45, 7) is 2.01. The first-order valence-corrected chi connectivity index (χ1v) is 8.71. The van der Waals surface area contributed by atoms with Crippen LogP contribution in [0.2, 0.25) is 0 Å². The lowest BCUT2D eigenvalue weighted by Gasteiger charge is -2.29. The van der Waals surface area contributed by atoms with Crippen LogP contribution in [0.3, 0.4) is 0 Å². The second-order valence-electron chi connectivity index (χ2n) is 6.09. The van der Waals surface area contributed by atoms with Crippen molar-refractivity contribution in [3.63, 3.8) is 0 Å². The molecule has 2 aromatic heterocycles. The average molecular weight is 334 g/mol. The van der Waals surface area contributed by atoms with Crippen molar-refractivity contribution in [2.24, 2.45) is 7.05 Å². The SMILES string of the molecule is CN1CCC(NC(=O)CNC(=O)c2cc3sccc3n2C)CC1. The zero-order chi connectivity index (χ0) is 16.4. The van der Waals surface area contributed by atoms with E-state index in [0.29, 0.717) is 5.69 Å². The summed E-state index contributed by atoms with van der Waals surface area (Å²) in [5.74, 6) is -0.335. The van der Waals surface area contributed by atoms with Gasteiger partial charge < -0.3 is 20.1 Å². The molecule has 2 amide bonds. The highest BCUT2D eigenvalue weighted by Gasteiger charge is 2.19. The van der Waals surface area contributed by atoms with Crippen molar-refractivity contribution in [1.29, 1.82) is 0 Å². The minimum absolute atomic E-state index is 0.0179. The van der Waals surface area contributed by atoms with Crippen LogP contribution in [0.15, 0.2) is 17.5 Å². The lowest BCUT2D eigenvalue weighted by Crippen LogP contribution is -2.46. The van der Waals surface area contributed by atoms with Crippen LogP contribution >= 0.6 is 11.3 Å². The molecule has 3 rings (SSSR count). The minimum atomic E-state index is -0.213. The van der Waals surface area contributed by atoms with Crippen molar-refractivity contribution in [3.05, 3.63) is 23.2 Å². The van der Waals surface area contributed by atoms with E-state index in [1.807, 2.05) is 29.1 Å². The van der Waals surface area contributed by atoms with Gasteiger partial charge in [0.05, 0.1) is 16.8 Å². The van der Waals surface area contributed by atoms with Gasteiger partial charge in [-0.2, -0.15) is 0 Å². The van der Waals surface area contributed by atoms with Crippen molar-refractivity contribution in [1.82, 2.24) is 20.1 Å². The van der Waals surface area contributed by atoms with E-state index < -0.39 is 0 Å². The van der Waals surface area contributed by atoms with E-state index in [9.17, 15) is 9.59 Å². The van der Waals surface area contributed by atoms with E-state index in [-0.39, 0.29) is 24.4 Å². The van der Waals surface area contributed by atoms with E-state index in [1.54, 1.807) is 11.3 Å². The monoisotopic (exact) mass is 334 g/mol. The van der Waals surface area contributed by atoms with Gasteiger partial charge in [-0.05, 0) is 50.5 Å². The summed E-state index contributed by atoms with van der Waals surface area (Å²) >= 11 is 1.60. The van der Waals surface area contributed by atoms with Crippen LogP contribution in [0.4, 0.5) is 0 Å². The van der Waals surface area contributed by atoms with Gasteiger partial charge in [0.15, 0.2) is 0 Å². The lowest BCUT2D eigenvalue weighted by atomic mass is 10.1. The van der Waals surface area contributed by atoms with E-state index in [0.717, 1.165) is 36.1 Å². The molecule has 2 aromatic rings. The summed E-state index contributed by atoms with van der Waals surface area (Å²) < 4.78 is 2.93. The molecule has 7 heteroatoms. The van der Waals surface area contributed by atoms with Crippen LogP contribution < -0.4 is 10.6 Å². The number of carbonyl (C=O) groups is 2. The maximum Gasteiger partial charge on any atom is 0.268 e. The molecule has 23 heavy (non-hydrogen) atoms. The molecule has 0 unspecified atom stereocenters. The van der Waals surface area contributed by atoms with Gasteiger partial charge in [0.2, 0.25) is 5.91 Å². The normalized spacial score (nSPS) is 16.6. The van der Waals surface area contributed by atoms with Crippen LogP contribution in [-0.4, -0.2) is 54.0 Å². The highest BCUT2D eigenvalue weighted by molar-refractivity contribution is 7.17. The first-order valence-electron chi connectivity index (χ1n) is 7.83. The molecule has 2 N–H and O–H groups in total. The number of piperidine rings is 1. The zero-order valence-electron chi connectivity index (χ0n) is 13.5. The van der Waals surface area contributed by atoms with E-state index in [1.165, 1.54) is 0 Å². The van der Waals surface area contributed by atoms with Crippen molar-refractivity contribution in [3.8, 4) is 0 Å². The summed E-state index contributed by atoms with van der Waals surface area (Å²) in [7, 11) is 3.95. The molecule has 0 aliphatic carbocycles. The molecule has 0 atom stereocenters. The molecule has 0 spiro atoms. The first kappa shape index (κ1) is 16.0. The number of amides is 2. The number of nitrogens with zero attached hydrogens (tertiary/aromatic N) is 2. The molecule has 124 valence electrons. The maximum atomic E-state index is 12.3. The fraction of sp³-hybridized carbons (Fsp3) is 0.500. The van der Waals surface area contributed by atoms with Gasteiger partial charge >= 0.3 is 0 Å². The number of aromatic nitrogens is 1. The molecule has 1 aliphatic heterocycles. The molecule has 1 saturated heterocycles. The van der Waals surface area contributed by atoms with Crippen molar-refractivity contribution in [2.45, 2.75) is 18.9 Å². The van der Waals surface area contributed by atoms with Crippen LogP contribution in [-0.2, 0) is 11.8 Å². The third-order valence-corrected chi connectivity index (χ3v) is 5.24. The fourth-order valence-electron chi connectivity index (χ4n) is 2.95. The number of nitrogens with one attached hydrogen (secondary N) is 2. The standard InChI is InChI=1S/C16H22N4O2S/c1-19-6-3-11(4-7-19)18-15(21)10-17-16(22)13-9-14-12(20(13)2)5-8-23-14/h5,8-9,11H,3-4,6-7,10H2,1-2H3,(H,17,22)(H,18,21). The maximum absolute atomic E-state index is 12.3. The molecule has 0 radical (unpaired) electrons. The fourth-order valence-corrected chi connectivity index (χ4v) is 3.80. The Morgan fingerprint density at radius 3 is 2.74 bits per heavy atom. The van der Waals surface area contributed by atoms with Gasteiger partial charge in [-0.3, -0.25) is 9.59 Å². The second kappa shape index (κ2) is 6.72. The molecule has 0 saturated carbocycles. The average Bonchev–Trinajstić information content (AvgIpc) is 3.11. The Morgan fingerprint density at radius 1 is 1.30 bits per heavy atom. The number of fused-ring (bicyclic) bond motifs is 1. The van der Waals surface area contributed by atoms with Crippen LogP contribution in [0.5, 0.6) is 0 Å². The number of hydrogen-bond donors (Lipinski definition) is 2. The number of carbonyl (C=O) groups excluding carboxylic acids is 2. The van der Waals surface area contributed by atoms with Gasteiger partial charge in [0.1, 0.15) is 5.69 Å². The summed E-state index contributed by atoms with van der Waals surface area (Å²) in [5, 5.41) is 7.71. The third kappa shape index (κ3) is 3.56. The number of rotatable bonds is 4. The third-order valence-electron chi connectivity index (χ3n) is 4.39. The predicted octanol–water partition coefficient (Wildman–Crippen LogP) is 1.18. The summed E-state index contributed by atoms with van der Waals surface area (Å²) in [6.07, 6.45) is 1.93. The molecule has 3 heterocycles. The van der Waals surface area contributed by atoms with Gasteiger partial charge in [0.25, 0.3) is 5.91 Å². The predicted molar refractivity (Wildman–Crippen MR) is 91.8 cm³/mol. The van der Waals surface area contributed by atoms with Gasteiger partial charge in [-0.15, -0.1) is 11.3 Å². The van der Waals surface area contributed by atoms with Gasteiger partial charge in [0, 0.05) is 13.1 Å². The van der Waals surface area contributed by atoms with Crippen LogP contribution in [0.1, 0.15) is 23.3 Å². The molecule has 0 bridgehead atoms. The topological polar surface area (TPSA) is 66.4 Å². The quantitative estimate of drug-likeness (QED) is 0.882. The molecule has 1 fully saturated rings. The summed E-state index contributed by atoms with van der Waals surface area (Å²) in [5.41, 5.74) is 1.62. The summed E-state index contributed by atoms with van der Waals surface area (Å²) in [4.78, 5) is 26.5. The van der Waals surface area contributed by atoms with E-state index >= 15 is 0 Å². The number of thiophene rings is 1. The number of likely N-dealkylation sites (tertiary alicyclic amines) is 1. The van der Waals surface area contributed by atoms with Crippen LogP contribution in [0.25, 0.3) is 10.2 Å². The van der Waals surface area contributed by atoms with Crippen LogP contribution in [0, 0.1) is 0 Å². The second-order valence-corrected chi connectivity index (χ2v) is 7.03. The highest BCUT2D eigenvalue weighted by atomic mass is 32.1. The number of aryl methyl sites for hydroxylation is 1. The highest BCUT2D eigenvalue weighted by Crippen LogP contribution is 2.23. The molecular formula is C16H22N4O2S. The minimum Gasteiger partial charge on any atom is -0.352 e. The first-order chi connectivity index (χ1) is 11.0. The zero-order valence-corrected chi connectivity index (χ0v) is 14.3. The van der Waals surface area contributed by atoms with Crippen molar-refractivity contribution in [2.75, 3.05) is 26.7 Å². The molecular weight excluding hydrogens is 312 g/mol. The van der Waals surface area contributed by atoms with Crippen molar-refractivity contribution < 1.29 is 9.59 Å². The van der Waals surface area contributed by atoms with Gasteiger partial charge in [-0.1, -0.05) is 0 Å². The van der Waals surface area contributed by atoms with Crippen molar-refractivity contribution >= 4 is 33.4 Å². The Labute approximate surface area is 139 Å². The molecule has 6 nitrogen and oxygen atoms in total. The summed E-state index contributed by atoms with van der Waals surface area (Å²) in [6, 6.07) is 4.07. The lowest BCUT2D eigenvalue weighted by molar-refractivity contribution is -0.121. The Morgan fingerprint density at radius 2 is 2.04 bits per heavy atom. The number of hydrogen-bond acceptors (Lipinski definition) is 4. The Bertz CT molecular complexity index is 713. The van der Waals surface area contributed by atoms with E-state index in [2.05, 4.69) is 22.6 Å². The Kier molecular flexibility index (Phi) is 4.68. The smallest absolute Gasteiger partial charge is 0.268 e. The molecule has 1 aliphatic rings. The van der Waals surface area contributed by atoms with Gasteiger partial charge in [-0.25, -0.2) is 0 Å². The molecule has 0 aromatic carbocycles.